The van der Waals surface area contributed by atoms with Gasteiger partial charge in [0.2, 0.25) is 15.9 Å². The minimum absolute atomic E-state index is 0.117. The predicted molar refractivity (Wildman–Crippen MR) is 67.1 cm³/mol. The van der Waals surface area contributed by atoms with Crippen LogP contribution in [0, 0.1) is 11.6 Å². The normalized spacial score (nSPS) is 11.3. The Balaban J connectivity index is 2.62. The van der Waals surface area contributed by atoms with Crippen molar-refractivity contribution in [2.75, 3.05) is 17.6 Å². The average molecular weight is 292 g/mol. The van der Waals surface area contributed by atoms with Crippen molar-refractivity contribution in [1.82, 2.24) is 4.72 Å². The molecule has 0 bridgehead atoms. The summed E-state index contributed by atoms with van der Waals surface area (Å²) in [6.07, 6.45) is 0.402. The fraction of sp³-hybridized carbons (Fsp3) is 0.364. The number of carbonyl (C=O) groups is 1. The van der Waals surface area contributed by atoms with E-state index in [0.29, 0.717) is 6.42 Å². The first-order chi connectivity index (χ1) is 8.85. The Morgan fingerprint density at radius 1 is 1.26 bits per heavy atom. The van der Waals surface area contributed by atoms with E-state index in [1.165, 1.54) is 0 Å². The molecule has 8 heteroatoms. The van der Waals surface area contributed by atoms with Gasteiger partial charge in [-0.25, -0.2) is 21.9 Å². The van der Waals surface area contributed by atoms with Crippen molar-refractivity contribution in [3.05, 3.63) is 29.8 Å². The van der Waals surface area contributed by atoms with Crippen LogP contribution in [0.5, 0.6) is 0 Å². The van der Waals surface area contributed by atoms with Crippen molar-refractivity contribution in [1.29, 1.82) is 0 Å². The quantitative estimate of drug-likeness (QED) is 0.828. The van der Waals surface area contributed by atoms with Crippen LogP contribution in [0.4, 0.5) is 14.5 Å². The van der Waals surface area contributed by atoms with Crippen molar-refractivity contribution in [2.24, 2.45) is 0 Å². The smallest absolute Gasteiger partial charge is 0.239 e. The van der Waals surface area contributed by atoms with E-state index in [0.717, 1.165) is 18.2 Å². The maximum Gasteiger partial charge on any atom is 0.239 e. The minimum Gasteiger partial charge on any atom is -0.320 e. The van der Waals surface area contributed by atoms with Crippen molar-refractivity contribution in [2.45, 2.75) is 13.3 Å². The van der Waals surface area contributed by atoms with Crippen molar-refractivity contribution in [3.63, 3.8) is 0 Å². The molecule has 0 atom stereocenters. The van der Waals surface area contributed by atoms with Gasteiger partial charge >= 0.3 is 0 Å². The Morgan fingerprint density at radius 3 is 2.37 bits per heavy atom. The summed E-state index contributed by atoms with van der Waals surface area (Å²) < 4.78 is 51.0. The van der Waals surface area contributed by atoms with Gasteiger partial charge in [0.1, 0.15) is 17.3 Å². The third kappa shape index (κ3) is 4.92. The van der Waals surface area contributed by atoms with E-state index >= 15 is 0 Å². The van der Waals surface area contributed by atoms with E-state index in [1.807, 2.05) is 10.0 Å². The largest absolute Gasteiger partial charge is 0.320 e. The first kappa shape index (κ1) is 15.5. The molecule has 0 aromatic heterocycles. The molecule has 19 heavy (non-hydrogen) atoms. The molecule has 1 rings (SSSR count). The second-order valence-electron chi connectivity index (χ2n) is 3.78. The lowest BCUT2D eigenvalue weighted by Crippen LogP contribution is -2.34. The van der Waals surface area contributed by atoms with Crippen molar-refractivity contribution < 1.29 is 22.0 Å². The zero-order valence-electron chi connectivity index (χ0n) is 10.2. The van der Waals surface area contributed by atoms with Gasteiger partial charge in [0, 0.05) is 0 Å². The van der Waals surface area contributed by atoms with Gasteiger partial charge in [-0.1, -0.05) is 13.0 Å². The highest BCUT2D eigenvalue weighted by Gasteiger charge is 2.14. The van der Waals surface area contributed by atoms with Crippen molar-refractivity contribution >= 4 is 21.6 Å². The molecule has 0 radical (unpaired) electrons. The molecule has 1 aromatic rings. The molecule has 106 valence electrons. The standard InChI is InChI=1S/C11H14F2N2O3S/c1-2-6-19(17,18)14-7-10(16)15-11-8(12)4-3-5-9(11)13/h3-5,14H,2,6-7H2,1H3,(H,15,16). The maximum atomic E-state index is 13.2. The Morgan fingerprint density at radius 2 is 1.84 bits per heavy atom. The lowest BCUT2D eigenvalue weighted by atomic mass is 10.3. The molecule has 0 saturated carbocycles. The number of anilines is 1. The molecule has 0 spiro atoms. The molecule has 0 aliphatic heterocycles. The van der Waals surface area contributed by atoms with Gasteiger partial charge in [-0.05, 0) is 18.6 Å². The zero-order chi connectivity index (χ0) is 14.5. The fourth-order valence-corrected chi connectivity index (χ4v) is 2.35. The number of halogens is 2. The highest BCUT2D eigenvalue weighted by atomic mass is 32.2. The lowest BCUT2D eigenvalue weighted by molar-refractivity contribution is -0.115. The predicted octanol–water partition coefficient (Wildman–Crippen LogP) is 1.23. The highest BCUT2D eigenvalue weighted by molar-refractivity contribution is 7.89. The highest BCUT2D eigenvalue weighted by Crippen LogP contribution is 2.17. The van der Waals surface area contributed by atoms with Gasteiger partial charge in [-0.3, -0.25) is 4.79 Å². The summed E-state index contributed by atoms with van der Waals surface area (Å²) in [5, 5.41) is 1.98. The van der Waals surface area contributed by atoms with E-state index in [4.69, 9.17) is 0 Å². The van der Waals surface area contributed by atoms with Crippen LogP contribution in [0.1, 0.15) is 13.3 Å². The maximum absolute atomic E-state index is 13.2. The average Bonchev–Trinajstić information content (AvgIpc) is 2.32. The summed E-state index contributed by atoms with van der Waals surface area (Å²) >= 11 is 0. The summed E-state index contributed by atoms with van der Waals surface area (Å²) in [6.45, 7) is 1.10. The first-order valence-corrected chi connectivity index (χ1v) is 7.22. The summed E-state index contributed by atoms with van der Waals surface area (Å²) in [5.41, 5.74) is -0.595. The minimum atomic E-state index is -3.54. The number of hydrogen-bond donors (Lipinski definition) is 2. The number of amides is 1. The van der Waals surface area contributed by atoms with Crippen LogP contribution in [0.3, 0.4) is 0 Å². The number of rotatable bonds is 6. The van der Waals surface area contributed by atoms with Crippen LogP contribution in [-0.2, 0) is 14.8 Å². The molecule has 0 heterocycles. The van der Waals surface area contributed by atoms with Gasteiger partial charge in [-0.2, -0.15) is 0 Å². The molecule has 0 saturated heterocycles. The molecule has 0 aliphatic carbocycles. The molecule has 5 nitrogen and oxygen atoms in total. The summed E-state index contributed by atoms with van der Waals surface area (Å²) in [7, 11) is -3.54. The van der Waals surface area contributed by atoms with E-state index in [1.54, 1.807) is 6.92 Å². The Bertz CT molecular complexity index is 541. The summed E-state index contributed by atoms with van der Waals surface area (Å²) in [5.74, 6) is -2.81. The monoisotopic (exact) mass is 292 g/mol. The molecule has 0 fully saturated rings. The van der Waals surface area contributed by atoms with Crippen LogP contribution >= 0.6 is 0 Å². The Labute approximate surface area is 110 Å². The second kappa shape index (κ2) is 6.58. The van der Waals surface area contributed by atoms with Crippen LogP contribution in [0.2, 0.25) is 0 Å². The topological polar surface area (TPSA) is 75.3 Å². The molecule has 2 N–H and O–H groups in total. The Hall–Kier alpha value is -1.54. The molecule has 0 aliphatic rings. The Kier molecular flexibility index (Phi) is 5.37. The number of para-hydroxylation sites is 1. The number of carbonyl (C=O) groups excluding carboxylic acids is 1. The van der Waals surface area contributed by atoms with Crippen LogP contribution in [0.25, 0.3) is 0 Å². The third-order valence-corrected chi connectivity index (χ3v) is 3.68. The van der Waals surface area contributed by atoms with Crippen LogP contribution in [-0.4, -0.2) is 26.6 Å². The molecule has 0 unspecified atom stereocenters. The number of hydrogen-bond acceptors (Lipinski definition) is 3. The van der Waals surface area contributed by atoms with Crippen molar-refractivity contribution in [3.8, 4) is 0 Å². The fourth-order valence-electron chi connectivity index (χ4n) is 1.32. The number of sulfonamides is 1. The molecule has 1 amide bonds. The molecular formula is C11H14F2N2O3S. The summed E-state index contributed by atoms with van der Waals surface area (Å²) in [6, 6.07) is 3.13. The van der Waals surface area contributed by atoms with Gasteiger partial charge in [0.15, 0.2) is 0 Å². The van der Waals surface area contributed by atoms with E-state index in [2.05, 4.69) is 0 Å². The molecule has 1 aromatic carbocycles. The van der Waals surface area contributed by atoms with E-state index < -0.39 is 39.8 Å². The van der Waals surface area contributed by atoms with Gasteiger partial charge in [0.25, 0.3) is 0 Å². The zero-order valence-corrected chi connectivity index (χ0v) is 11.1. The SMILES string of the molecule is CCCS(=O)(=O)NCC(=O)Nc1c(F)cccc1F. The first-order valence-electron chi connectivity index (χ1n) is 5.57. The number of nitrogens with one attached hydrogen (secondary N) is 2. The molecular weight excluding hydrogens is 278 g/mol. The summed E-state index contributed by atoms with van der Waals surface area (Å²) in [4.78, 5) is 11.4. The van der Waals surface area contributed by atoms with Crippen LogP contribution < -0.4 is 10.0 Å². The van der Waals surface area contributed by atoms with Gasteiger partial charge < -0.3 is 5.32 Å². The van der Waals surface area contributed by atoms with Gasteiger partial charge in [-0.15, -0.1) is 0 Å². The second-order valence-corrected chi connectivity index (χ2v) is 5.71. The lowest BCUT2D eigenvalue weighted by Gasteiger charge is -2.08. The van der Waals surface area contributed by atoms with Crippen LogP contribution in [0.15, 0.2) is 18.2 Å². The van der Waals surface area contributed by atoms with E-state index in [9.17, 15) is 22.0 Å². The van der Waals surface area contributed by atoms with Gasteiger partial charge in [0.05, 0.1) is 12.3 Å². The number of benzene rings is 1. The van der Waals surface area contributed by atoms with E-state index in [-0.39, 0.29) is 5.75 Å². The third-order valence-electron chi connectivity index (χ3n) is 2.15.